The highest BCUT2D eigenvalue weighted by Crippen LogP contribution is 2.28. The van der Waals surface area contributed by atoms with Crippen LogP contribution < -0.4 is 10.1 Å². The maximum absolute atomic E-state index is 12.8. The van der Waals surface area contributed by atoms with Crippen LogP contribution in [0.25, 0.3) is 0 Å². The van der Waals surface area contributed by atoms with E-state index in [-0.39, 0.29) is 23.0 Å². The summed E-state index contributed by atoms with van der Waals surface area (Å²) in [4.78, 5) is 28.0. The van der Waals surface area contributed by atoms with Gasteiger partial charge in [-0.3, -0.25) is 9.59 Å². The van der Waals surface area contributed by atoms with Crippen LogP contribution in [0.5, 0.6) is 5.75 Å². The Morgan fingerprint density at radius 1 is 1.29 bits per heavy atom. The van der Waals surface area contributed by atoms with Crippen molar-refractivity contribution in [2.75, 3.05) is 25.5 Å². The number of ether oxygens (including phenoxy) is 1. The molecule has 1 saturated heterocycles. The summed E-state index contributed by atoms with van der Waals surface area (Å²) in [6.07, 6.45) is 1.29. The highest BCUT2D eigenvalue weighted by molar-refractivity contribution is 8.00. The van der Waals surface area contributed by atoms with Crippen molar-refractivity contribution < 1.29 is 18.8 Å². The molecule has 1 fully saturated rings. The summed E-state index contributed by atoms with van der Waals surface area (Å²) in [5.41, 5.74) is 0. The van der Waals surface area contributed by atoms with Gasteiger partial charge in [0.25, 0.3) is 0 Å². The number of rotatable bonds is 6. The third-order valence-electron chi connectivity index (χ3n) is 4.78. The molecule has 0 spiro atoms. The molecule has 0 aliphatic carbocycles. The van der Waals surface area contributed by atoms with E-state index in [9.17, 15) is 9.59 Å². The molecule has 1 aromatic heterocycles. The third-order valence-corrected chi connectivity index (χ3v) is 5.88. The predicted octanol–water partition coefficient (Wildman–Crippen LogP) is 3.35. The molecular weight excluding hydrogens is 378 g/mol. The summed E-state index contributed by atoms with van der Waals surface area (Å²) in [5.74, 6) is 1.80. The molecule has 0 unspecified atom stereocenters. The first kappa shape index (κ1) is 20.3. The first-order chi connectivity index (χ1) is 13.5. The topological polar surface area (TPSA) is 84.7 Å². The summed E-state index contributed by atoms with van der Waals surface area (Å²) in [5, 5.41) is 6.38. The zero-order chi connectivity index (χ0) is 20.1. The summed E-state index contributed by atoms with van der Waals surface area (Å²) in [6, 6.07) is 9.37. The van der Waals surface area contributed by atoms with E-state index >= 15 is 0 Å². The van der Waals surface area contributed by atoms with Gasteiger partial charge in [0.15, 0.2) is 5.82 Å². The van der Waals surface area contributed by atoms with Crippen molar-refractivity contribution in [2.24, 2.45) is 5.92 Å². The number of anilines is 1. The molecule has 2 heterocycles. The molecule has 7 nitrogen and oxygen atoms in total. The Kier molecular flexibility index (Phi) is 6.61. The number of aromatic nitrogens is 1. The van der Waals surface area contributed by atoms with Gasteiger partial charge in [0.05, 0.1) is 12.4 Å². The lowest BCUT2D eigenvalue weighted by atomic mass is 9.95. The lowest BCUT2D eigenvalue weighted by molar-refractivity contribution is -0.133. The molecule has 2 aromatic rings. The Labute approximate surface area is 168 Å². The van der Waals surface area contributed by atoms with Crippen LogP contribution in [0.4, 0.5) is 5.82 Å². The largest absolute Gasteiger partial charge is 0.497 e. The Bertz CT molecular complexity index is 813. The normalized spacial score (nSPS) is 15.9. The number of carbonyl (C=O) groups excluding carboxylic acids is 2. The number of likely N-dealkylation sites (tertiary alicyclic amines) is 1. The van der Waals surface area contributed by atoms with Gasteiger partial charge in [-0.2, -0.15) is 0 Å². The van der Waals surface area contributed by atoms with Crippen LogP contribution in [-0.2, 0) is 9.59 Å². The monoisotopic (exact) mass is 403 g/mol. The molecule has 3 rings (SSSR count). The molecule has 0 bridgehead atoms. The molecule has 1 N–H and O–H groups in total. The average molecular weight is 404 g/mol. The van der Waals surface area contributed by atoms with E-state index in [1.54, 1.807) is 20.1 Å². The van der Waals surface area contributed by atoms with Gasteiger partial charge in [0.2, 0.25) is 11.8 Å². The molecule has 2 amide bonds. The molecule has 1 aromatic carbocycles. The molecule has 1 aliphatic rings. The fourth-order valence-corrected chi connectivity index (χ4v) is 4.13. The van der Waals surface area contributed by atoms with E-state index in [0.717, 1.165) is 10.6 Å². The van der Waals surface area contributed by atoms with Crippen molar-refractivity contribution >= 4 is 29.4 Å². The van der Waals surface area contributed by atoms with Crippen LogP contribution in [0, 0.1) is 12.8 Å². The minimum atomic E-state index is -0.183. The first-order valence-electron chi connectivity index (χ1n) is 9.30. The fourth-order valence-electron chi connectivity index (χ4n) is 3.18. The van der Waals surface area contributed by atoms with Gasteiger partial charge in [-0.1, -0.05) is 5.16 Å². The lowest BCUT2D eigenvalue weighted by Crippen LogP contribution is -2.44. The lowest BCUT2D eigenvalue weighted by Gasteiger charge is -2.32. The molecule has 150 valence electrons. The second kappa shape index (κ2) is 9.14. The number of aryl methyl sites for hydroxylation is 1. The molecule has 0 saturated carbocycles. The smallest absolute Gasteiger partial charge is 0.235 e. The number of hydrogen-bond donors (Lipinski definition) is 1. The second-order valence-electron chi connectivity index (χ2n) is 6.85. The number of carbonyl (C=O) groups is 2. The average Bonchev–Trinajstić information content (AvgIpc) is 3.12. The quantitative estimate of drug-likeness (QED) is 0.745. The van der Waals surface area contributed by atoms with Gasteiger partial charge in [-0.25, -0.2) is 0 Å². The maximum atomic E-state index is 12.8. The third kappa shape index (κ3) is 5.07. The number of benzene rings is 1. The van der Waals surface area contributed by atoms with Gasteiger partial charge in [-0.15, -0.1) is 11.8 Å². The van der Waals surface area contributed by atoms with Crippen LogP contribution >= 0.6 is 11.8 Å². The number of piperidine rings is 1. The Balaban J connectivity index is 1.47. The number of amides is 2. The Morgan fingerprint density at radius 3 is 2.54 bits per heavy atom. The van der Waals surface area contributed by atoms with E-state index in [2.05, 4.69) is 10.5 Å². The number of hydrogen-bond acceptors (Lipinski definition) is 6. The molecule has 1 atom stereocenters. The van der Waals surface area contributed by atoms with E-state index in [1.807, 2.05) is 36.1 Å². The van der Waals surface area contributed by atoms with Crippen molar-refractivity contribution in [1.29, 1.82) is 0 Å². The Morgan fingerprint density at radius 2 is 1.96 bits per heavy atom. The van der Waals surface area contributed by atoms with Crippen LogP contribution in [0.15, 0.2) is 39.8 Å². The molecule has 8 heteroatoms. The molecular formula is C20H25N3O4S. The summed E-state index contributed by atoms with van der Waals surface area (Å²) in [6.45, 7) is 4.87. The van der Waals surface area contributed by atoms with E-state index in [1.165, 1.54) is 11.8 Å². The highest BCUT2D eigenvalue weighted by Gasteiger charge is 2.30. The fraction of sp³-hybridized carbons (Fsp3) is 0.450. The van der Waals surface area contributed by atoms with Crippen LogP contribution in [0.2, 0.25) is 0 Å². The number of thioether (sulfide) groups is 1. The first-order valence-corrected chi connectivity index (χ1v) is 10.2. The van der Waals surface area contributed by atoms with Crippen molar-refractivity contribution in [3.8, 4) is 5.75 Å². The predicted molar refractivity (Wildman–Crippen MR) is 107 cm³/mol. The van der Waals surface area contributed by atoms with Gasteiger partial charge < -0.3 is 19.5 Å². The van der Waals surface area contributed by atoms with Crippen molar-refractivity contribution in [2.45, 2.75) is 36.8 Å². The number of nitrogens with one attached hydrogen (secondary N) is 1. The van der Waals surface area contributed by atoms with Gasteiger partial charge in [-0.05, 0) is 51.0 Å². The Hall–Kier alpha value is -2.48. The van der Waals surface area contributed by atoms with Gasteiger partial charge >= 0.3 is 0 Å². The van der Waals surface area contributed by atoms with Crippen molar-refractivity contribution in [1.82, 2.24) is 10.1 Å². The van der Waals surface area contributed by atoms with Crippen molar-refractivity contribution in [3.63, 3.8) is 0 Å². The molecule has 28 heavy (non-hydrogen) atoms. The van der Waals surface area contributed by atoms with Crippen LogP contribution in [-0.4, -0.2) is 47.3 Å². The van der Waals surface area contributed by atoms with E-state index in [4.69, 9.17) is 9.26 Å². The highest BCUT2D eigenvalue weighted by atomic mass is 32.2. The van der Waals surface area contributed by atoms with E-state index in [0.29, 0.717) is 37.5 Å². The van der Waals surface area contributed by atoms with Crippen LogP contribution in [0.3, 0.4) is 0 Å². The van der Waals surface area contributed by atoms with Gasteiger partial charge in [0, 0.05) is 30.0 Å². The SMILES string of the molecule is COc1ccc(S[C@@H](C)C(=O)N2CCC(C(=O)Nc3cc(C)on3)CC2)cc1. The summed E-state index contributed by atoms with van der Waals surface area (Å²) >= 11 is 1.53. The zero-order valence-electron chi connectivity index (χ0n) is 16.3. The van der Waals surface area contributed by atoms with Crippen LogP contribution in [0.1, 0.15) is 25.5 Å². The zero-order valence-corrected chi connectivity index (χ0v) is 17.1. The summed E-state index contributed by atoms with van der Waals surface area (Å²) < 4.78 is 10.1. The minimum absolute atomic E-state index is 0.0685. The molecule has 1 aliphatic heterocycles. The van der Waals surface area contributed by atoms with Gasteiger partial charge in [0.1, 0.15) is 11.5 Å². The minimum Gasteiger partial charge on any atom is -0.497 e. The summed E-state index contributed by atoms with van der Waals surface area (Å²) in [7, 11) is 1.63. The molecule has 0 radical (unpaired) electrons. The van der Waals surface area contributed by atoms with Crippen molar-refractivity contribution in [3.05, 3.63) is 36.1 Å². The standard InChI is InChI=1S/C20H25N3O4S/c1-13-12-18(22-27-13)21-19(24)15-8-10-23(11-9-15)20(25)14(2)28-17-6-4-16(26-3)5-7-17/h4-7,12,14-15H,8-11H2,1-3H3,(H,21,22,24)/t14-/m0/s1. The number of methoxy groups -OCH3 is 1. The number of nitrogens with zero attached hydrogens (tertiary/aromatic N) is 2. The van der Waals surface area contributed by atoms with E-state index < -0.39 is 0 Å². The second-order valence-corrected chi connectivity index (χ2v) is 8.26. The maximum Gasteiger partial charge on any atom is 0.235 e.